The molecule has 0 unspecified atom stereocenters. The molecule has 1 aliphatic heterocycles. The van der Waals surface area contributed by atoms with Crippen LogP contribution in [0.3, 0.4) is 0 Å². The quantitative estimate of drug-likeness (QED) is 0.658. The van der Waals surface area contributed by atoms with Gasteiger partial charge in [0.2, 0.25) is 0 Å². The first-order chi connectivity index (χ1) is 6.29. The van der Waals surface area contributed by atoms with E-state index < -0.39 is 8.07 Å². The molecule has 1 rings (SSSR count). The third-order valence-electron chi connectivity index (χ3n) is 3.22. The van der Waals surface area contributed by atoms with Crippen LogP contribution >= 0.6 is 0 Å². The monoisotopic (exact) mass is 204 g/mol. The van der Waals surface area contributed by atoms with Gasteiger partial charge >= 0.3 is 0 Å². The van der Waals surface area contributed by atoms with Crippen LogP contribution in [0.1, 0.15) is 20.8 Å². The van der Waals surface area contributed by atoms with Gasteiger partial charge < -0.3 is 14.2 Å². The summed E-state index contributed by atoms with van der Waals surface area (Å²) in [5.74, 6) is 0.0567. The number of ether oxygens (including phenoxy) is 3. The van der Waals surface area contributed by atoms with Gasteiger partial charge in [-0.05, 0) is 0 Å². The molecule has 0 spiro atoms. The molecular weight excluding hydrogens is 184 g/mol. The van der Waals surface area contributed by atoms with Crippen LogP contribution in [-0.4, -0.2) is 27.6 Å². The fourth-order valence-corrected chi connectivity index (χ4v) is 5.25. The van der Waals surface area contributed by atoms with Gasteiger partial charge in [-0.15, -0.1) is 0 Å². The molecule has 0 saturated carbocycles. The van der Waals surface area contributed by atoms with E-state index in [9.17, 15) is 0 Å². The summed E-state index contributed by atoms with van der Waals surface area (Å²) in [4.78, 5) is 0. The van der Waals surface area contributed by atoms with Crippen LogP contribution in [0, 0.1) is 0 Å². The number of hydrogen-bond donors (Lipinski definition) is 0. The molecular formula is C9H20O3Si. The summed E-state index contributed by atoms with van der Waals surface area (Å²) in [7, 11) is -1.34. The maximum Gasteiger partial charge on any atom is 0.152 e. The summed E-state index contributed by atoms with van der Waals surface area (Å²) in [5, 5.41) is 0. The molecule has 1 saturated heterocycles. The lowest BCUT2D eigenvalue weighted by Crippen LogP contribution is -2.51. The highest BCUT2D eigenvalue weighted by atomic mass is 28.3. The molecule has 0 aromatic heterocycles. The van der Waals surface area contributed by atoms with Crippen molar-refractivity contribution in [2.24, 2.45) is 0 Å². The van der Waals surface area contributed by atoms with Crippen LogP contribution in [0.4, 0.5) is 0 Å². The molecule has 0 bridgehead atoms. The largest absolute Gasteiger partial charge is 0.330 e. The van der Waals surface area contributed by atoms with Gasteiger partial charge in [0.05, 0.1) is 0 Å². The molecule has 3 nitrogen and oxygen atoms in total. The van der Waals surface area contributed by atoms with Crippen molar-refractivity contribution < 1.29 is 14.2 Å². The second-order valence-electron chi connectivity index (χ2n) is 3.53. The Kier molecular flexibility index (Phi) is 4.38. The van der Waals surface area contributed by atoms with E-state index in [2.05, 4.69) is 20.8 Å². The van der Waals surface area contributed by atoms with Crippen LogP contribution in [0.15, 0.2) is 0 Å². The Hall–Kier alpha value is 0.0969. The predicted molar refractivity (Wildman–Crippen MR) is 54.0 cm³/mol. The molecule has 78 valence electrons. The SMILES string of the molecule is CC[Si](CC)(CC)C1OCOCO1. The van der Waals surface area contributed by atoms with Crippen molar-refractivity contribution in [3.8, 4) is 0 Å². The summed E-state index contributed by atoms with van der Waals surface area (Å²) >= 11 is 0. The van der Waals surface area contributed by atoms with Gasteiger partial charge in [0.1, 0.15) is 14.0 Å². The van der Waals surface area contributed by atoms with E-state index in [4.69, 9.17) is 14.2 Å². The summed E-state index contributed by atoms with van der Waals surface area (Å²) in [6.45, 7) is 7.56. The first kappa shape index (κ1) is 11.2. The standard InChI is InChI=1S/C9H20O3Si/c1-4-13(5-2,6-3)9-11-7-10-8-12-9/h9H,4-8H2,1-3H3. The number of rotatable bonds is 4. The summed E-state index contributed by atoms with van der Waals surface area (Å²) in [6.07, 6.45) is 0. The third kappa shape index (κ3) is 2.31. The molecule has 0 aromatic rings. The van der Waals surface area contributed by atoms with Gasteiger partial charge in [0, 0.05) is 0 Å². The van der Waals surface area contributed by atoms with Gasteiger partial charge in [-0.1, -0.05) is 38.9 Å². The van der Waals surface area contributed by atoms with Crippen molar-refractivity contribution in [1.82, 2.24) is 0 Å². The first-order valence-corrected chi connectivity index (χ1v) is 7.80. The maximum absolute atomic E-state index is 5.53. The van der Waals surface area contributed by atoms with Crippen molar-refractivity contribution in [2.45, 2.75) is 44.8 Å². The van der Waals surface area contributed by atoms with E-state index in [1.54, 1.807) is 0 Å². The Morgan fingerprint density at radius 1 is 1.00 bits per heavy atom. The molecule has 0 N–H and O–H groups in total. The first-order valence-electron chi connectivity index (χ1n) is 5.10. The fourth-order valence-electron chi connectivity index (χ4n) is 1.91. The predicted octanol–water partition coefficient (Wildman–Crippen LogP) is 2.34. The highest BCUT2D eigenvalue weighted by Crippen LogP contribution is 2.28. The third-order valence-corrected chi connectivity index (χ3v) is 8.78. The van der Waals surface area contributed by atoms with Gasteiger partial charge in [-0.3, -0.25) is 0 Å². The van der Waals surface area contributed by atoms with Crippen LogP contribution in [-0.2, 0) is 14.2 Å². The topological polar surface area (TPSA) is 27.7 Å². The van der Waals surface area contributed by atoms with Crippen molar-refractivity contribution >= 4 is 8.07 Å². The molecule has 13 heavy (non-hydrogen) atoms. The van der Waals surface area contributed by atoms with Gasteiger partial charge in [-0.2, -0.15) is 0 Å². The summed E-state index contributed by atoms with van der Waals surface area (Å²) in [6, 6.07) is 3.68. The smallest absolute Gasteiger partial charge is 0.152 e. The van der Waals surface area contributed by atoms with Gasteiger partial charge in [0.15, 0.2) is 13.6 Å². The van der Waals surface area contributed by atoms with Gasteiger partial charge in [0.25, 0.3) is 0 Å². The molecule has 0 aliphatic carbocycles. The van der Waals surface area contributed by atoms with Crippen molar-refractivity contribution in [3.63, 3.8) is 0 Å². The minimum atomic E-state index is -1.34. The molecule has 1 fully saturated rings. The lowest BCUT2D eigenvalue weighted by molar-refractivity contribution is -0.272. The molecule has 0 amide bonds. The van der Waals surface area contributed by atoms with Crippen molar-refractivity contribution in [1.29, 1.82) is 0 Å². The molecule has 0 aromatic carbocycles. The van der Waals surface area contributed by atoms with E-state index in [-0.39, 0.29) is 5.91 Å². The van der Waals surface area contributed by atoms with Gasteiger partial charge in [-0.25, -0.2) is 0 Å². The van der Waals surface area contributed by atoms with E-state index in [0.717, 1.165) is 0 Å². The second-order valence-corrected chi connectivity index (χ2v) is 8.85. The molecule has 1 heterocycles. The minimum absolute atomic E-state index is 0.0567. The van der Waals surface area contributed by atoms with Crippen molar-refractivity contribution in [3.05, 3.63) is 0 Å². The normalized spacial score (nSPS) is 20.5. The van der Waals surface area contributed by atoms with Crippen LogP contribution in [0.2, 0.25) is 18.1 Å². The zero-order chi connectivity index (χ0) is 9.73. The number of hydrogen-bond acceptors (Lipinski definition) is 3. The van der Waals surface area contributed by atoms with E-state index in [1.165, 1.54) is 18.1 Å². The van der Waals surface area contributed by atoms with Crippen LogP contribution < -0.4 is 0 Å². The summed E-state index contributed by atoms with van der Waals surface area (Å²) < 4.78 is 16.1. The maximum atomic E-state index is 5.53. The second kappa shape index (κ2) is 5.10. The van der Waals surface area contributed by atoms with Crippen molar-refractivity contribution in [2.75, 3.05) is 13.6 Å². The Morgan fingerprint density at radius 2 is 1.46 bits per heavy atom. The average Bonchev–Trinajstić information content (AvgIpc) is 2.23. The zero-order valence-electron chi connectivity index (χ0n) is 8.84. The van der Waals surface area contributed by atoms with Crippen LogP contribution in [0.5, 0.6) is 0 Å². The lowest BCUT2D eigenvalue weighted by Gasteiger charge is -2.38. The Balaban J connectivity index is 2.60. The molecule has 0 radical (unpaired) electrons. The Bertz CT molecular complexity index is 134. The van der Waals surface area contributed by atoms with E-state index in [0.29, 0.717) is 13.6 Å². The van der Waals surface area contributed by atoms with E-state index >= 15 is 0 Å². The highest BCUT2D eigenvalue weighted by Gasteiger charge is 2.39. The van der Waals surface area contributed by atoms with E-state index in [1.807, 2.05) is 0 Å². The molecule has 0 atom stereocenters. The zero-order valence-corrected chi connectivity index (χ0v) is 9.84. The molecule has 1 aliphatic rings. The lowest BCUT2D eigenvalue weighted by atomic mass is 10.9. The average molecular weight is 204 g/mol. The summed E-state index contributed by atoms with van der Waals surface area (Å²) in [5.41, 5.74) is 0. The highest BCUT2D eigenvalue weighted by molar-refractivity contribution is 6.80. The van der Waals surface area contributed by atoms with Crippen LogP contribution in [0.25, 0.3) is 0 Å². The fraction of sp³-hybridized carbons (Fsp3) is 1.00. The Morgan fingerprint density at radius 3 is 1.85 bits per heavy atom. The molecule has 4 heteroatoms. The minimum Gasteiger partial charge on any atom is -0.330 e. The Labute approximate surface area is 81.4 Å².